The molecule has 0 saturated carbocycles. The Labute approximate surface area is 127 Å². The summed E-state index contributed by atoms with van der Waals surface area (Å²) in [7, 11) is -1.60. The summed E-state index contributed by atoms with van der Waals surface area (Å²) in [5.74, 6) is -0.0632. The second-order valence-corrected chi connectivity index (χ2v) is 6.63. The van der Waals surface area contributed by atoms with Gasteiger partial charge >= 0.3 is 0 Å². The van der Waals surface area contributed by atoms with Gasteiger partial charge in [0.25, 0.3) is 0 Å². The van der Waals surface area contributed by atoms with Crippen LogP contribution in [0.3, 0.4) is 0 Å². The van der Waals surface area contributed by atoms with Crippen LogP contribution in [0.15, 0.2) is 47.4 Å². The number of carbonyl (C=O) groups is 1. The van der Waals surface area contributed by atoms with Gasteiger partial charge in [0.05, 0.1) is 10.9 Å². The smallest absolute Gasteiger partial charge is 0.248 e. The van der Waals surface area contributed by atoms with Crippen LogP contribution < -0.4 is 10.5 Å². The van der Waals surface area contributed by atoms with Gasteiger partial charge in [0, 0.05) is 0 Å². The maximum absolute atomic E-state index is 12.4. The number of amides is 1. The Morgan fingerprint density at radius 3 is 2.57 bits per heavy atom. The van der Waals surface area contributed by atoms with Crippen LogP contribution in [0.4, 0.5) is 0 Å². The van der Waals surface area contributed by atoms with Gasteiger partial charge in [0.1, 0.15) is 0 Å². The molecule has 0 aromatic heterocycles. The maximum atomic E-state index is 12.4. The Morgan fingerprint density at radius 2 is 1.86 bits per heavy atom. The van der Waals surface area contributed by atoms with E-state index in [9.17, 15) is 9.00 Å². The first kappa shape index (κ1) is 15.7. The molecular weight excluding hydrogens is 284 g/mol. The highest BCUT2D eigenvalue weighted by Gasteiger charge is 2.18. The molecule has 3 N–H and O–H groups in total. The third-order valence-corrected chi connectivity index (χ3v) is 4.35. The summed E-state index contributed by atoms with van der Waals surface area (Å²) in [4.78, 5) is 12.6. The highest BCUT2D eigenvalue weighted by atomic mass is 32.2. The van der Waals surface area contributed by atoms with Gasteiger partial charge in [0.2, 0.25) is 5.91 Å². The fourth-order valence-corrected chi connectivity index (χ4v) is 3.23. The van der Waals surface area contributed by atoms with E-state index in [2.05, 4.69) is 4.72 Å². The molecular formula is C16H20N2O2S. The van der Waals surface area contributed by atoms with Gasteiger partial charge in [-0.2, -0.15) is 0 Å². The summed E-state index contributed by atoms with van der Waals surface area (Å²) in [6.07, 6.45) is 0.568. The SMILES string of the molecule is CC(C)CC(N)C(=O)NS(=O)c1cccc2ccccc12. The van der Waals surface area contributed by atoms with Crippen molar-refractivity contribution in [3.63, 3.8) is 0 Å². The molecule has 21 heavy (non-hydrogen) atoms. The minimum absolute atomic E-state index is 0.316. The fourth-order valence-electron chi connectivity index (χ4n) is 2.19. The van der Waals surface area contributed by atoms with Crippen LogP contribution in [-0.4, -0.2) is 16.2 Å². The van der Waals surface area contributed by atoms with Crippen molar-refractivity contribution in [3.05, 3.63) is 42.5 Å². The number of fused-ring (bicyclic) bond motifs is 1. The molecule has 0 aliphatic rings. The van der Waals surface area contributed by atoms with E-state index in [4.69, 9.17) is 5.73 Å². The van der Waals surface area contributed by atoms with Crippen molar-refractivity contribution in [2.24, 2.45) is 11.7 Å². The van der Waals surface area contributed by atoms with Gasteiger partial charge in [-0.25, -0.2) is 4.21 Å². The Kier molecular flexibility index (Phi) is 5.09. The van der Waals surface area contributed by atoms with E-state index in [-0.39, 0.29) is 5.91 Å². The number of rotatable bonds is 5. The molecule has 0 fully saturated rings. The van der Waals surface area contributed by atoms with Crippen molar-refractivity contribution in [2.75, 3.05) is 0 Å². The van der Waals surface area contributed by atoms with Crippen LogP contribution in [0.2, 0.25) is 0 Å². The van der Waals surface area contributed by atoms with E-state index in [1.165, 1.54) is 0 Å². The monoisotopic (exact) mass is 304 g/mol. The van der Waals surface area contributed by atoms with Crippen LogP contribution in [0, 0.1) is 5.92 Å². The van der Waals surface area contributed by atoms with Crippen LogP contribution in [0.25, 0.3) is 10.8 Å². The average molecular weight is 304 g/mol. The lowest BCUT2D eigenvalue weighted by atomic mass is 10.0. The lowest BCUT2D eigenvalue weighted by Crippen LogP contribution is -2.42. The molecule has 4 nitrogen and oxygen atoms in total. The average Bonchev–Trinajstić information content (AvgIpc) is 2.45. The van der Waals surface area contributed by atoms with Crippen LogP contribution >= 0.6 is 0 Å². The molecule has 2 atom stereocenters. The molecule has 0 spiro atoms. The minimum Gasteiger partial charge on any atom is -0.320 e. The van der Waals surface area contributed by atoms with E-state index >= 15 is 0 Å². The number of nitrogens with two attached hydrogens (primary N) is 1. The molecule has 112 valence electrons. The van der Waals surface area contributed by atoms with Crippen molar-refractivity contribution < 1.29 is 9.00 Å². The van der Waals surface area contributed by atoms with Gasteiger partial charge in [-0.05, 0) is 29.2 Å². The number of hydrogen-bond donors (Lipinski definition) is 2. The highest BCUT2D eigenvalue weighted by Crippen LogP contribution is 2.20. The first-order chi connectivity index (χ1) is 9.99. The lowest BCUT2D eigenvalue weighted by Gasteiger charge is -2.14. The number of benzene rings is 2. The van der Waals surface area contributed by atoms with E-state index in [0.29, 0.717) is 17.2 Å². The minimum atomic E-state index is -1.60. The fraction of sp³-hybridized carbons (Fsp3) is 0.312. The van der Waals surface area contributed by atoms with Gasteiger partial charge in [-0.3, -0.25) is 9.52 Å². The van der Waals surface area contributed by atoms with Crippen molar-refractivity contribution in [3.8, 4) is 0 Å². The number of hydrogen-bond acceptors (Lipinski definition) is 3. The Hall–Kier alpha value is -1.72. The predicted molar refractivity (Wildman–Crippen MR) is 85.9 cm³/mol. The third-order valence-electron chi connectivity index (χ3n) is 3.20. The van der Waals surface area contributed by atoms with Crippen LogP contribution in [-0.2, 0) is 15.8 Å². The van der Waals surface area contributed by atoms with Gasteiger partial charge in [0.15, 0.2) is 11.0 Å². The standard InChI is InChI=1S/C16H20N2O2S/c1-11(2)10-14(17)16(19)18-21(20)15-9-5-7-12-6-3-4-8-13(12)15/h3-9,11,14H,10,17H2,1-2H3,(H,18,19). The summed E-state index contributed by atoms with van der Waals surface area (Å²) < 4.78 is 14.9. The Bertz CT molecular complexity index is 665. The highest BCUT2D eigenvalue weighted by molar-refractivity contribution is 7.84. The summed E-state index contributed by atoms with van der Waals surface area (Å²) in [5, 5.41) is 1.86. The number of carbonyl (C=O) groups excluding carboxylic acids is 1. The van der Waals surface area contributed by atoms with E-state index < -0.39 is 17.0 Å². The molecule has 0 aliphatic carbocycles. The van der Waals surface area contributed by atoms with Crippen molar-refractivity contribution in [1.82, 2.24) is 4.72 Å². The quantitative estimate of drug-likeness (QED) is 0.890. The van der Waals surface area contributed by atoms with Gasteiger partial charge in [-0.1, -0.05) is 50.2 Å². The third kappa shape index (κ3) is 3.89. The lowest BCUT2D eigenvalue weighted by molar-refractivity contribution is -0.120. The summed E-state index contributed by atoms with van der Waals surface area (Å²) in [6.45, 7) is 3.99. The molecule has 2 rings (SSSR count). The summed E-state index contributed by atoms with van der Waals surface area (Å²) in [5.41, 5.74) is 5.81. The Balaban J connectivity index is 2.18. The van der Waals surface area contributed by atoms with Crippen molar-refractivity contribution >= 4 is 27.7 Å². The topological polar surface area (TPSA) is 72.2 Å². The molecule has 5 heteroatoms. The van der Waals surface area contributed by atoms with Gasteiger partial charge in [-0.15, -0.1) is 0 Å². The molecule has 0 heterocycles. The van der Waals surface area contributed by atoms with E-state index in [1.807, 2.05) is 50.2 Å². The van der Waals surface area contributed by atoms with E-state index in [0.717, 1.165) is 10.8 Å². The molecule has 2 unspecified atom stereocenters. The zero-order valence-corrected chi connectivity index (χ0v) is 13.0. The molecule has 0 bridgehead atoms. The first-order valence-corrected chi connectivity index (χ1v) is 8.09. The van der Waals surface area contributed by atoms with E-state index in [1.54, 1.807) is 6.07 Å². The molecule has 2 aromatic rings. The van der Waals surface area contributed by atoms with Gasteiger partial charge < -0.3 is 5.73 Å². The zero-order chi connectivity index (χ0) is 15.4. The number of nitrogens with one attached hydrogen (secondary N) is 1. The second kappa shape index (κ2) is 6.83. The summed E-state index contributed by atoms with van der Waals surface area (Å²) >= 11 is 0. The Morgan fingerprint density at radius 1 is 1.19 bits per heavy atom. The maximum Gasteiger partial charge on any atom is 0.248 e. The predicted octanol–water partition coefficient (Wildman–Crippen LogP) is 2.35. The molecule has 0 aliphatic heterocycles. The van der Waals surface area contributed by atoms with Crippen molar-refractivity contribution in [2.45, 2.75) is 31.2 Å². The molecule has 0 saturated heterocycles. The zero-order valence-electron chi connectivity index (χ0n) is 12.2. The molecule has 2 aromatic carbocycles. The second-order valence-electron chi connectivity index (χ2n) is 5.45. The normalized spacial score (nSPS) is 14.1. The molecule has 0 radical (unpaired) electrons. The van der Waals surface area contributed by atoms with Crippen LogP contribution in [0.1, 0.15) is 20.3 Å². The first-order valence-electron chi connectivity index (χ1n) is 6.94. The van der Waals surface area contributed by atoms with Crippen molar-refractivity contribution in [1.29, 1.82) is 0 Å². The van der Waals surface area contributed by atoms with Crippen LogP contribution in [0.5, 0.6) is 0 Å². The summed E-state index contributed by atoms with van der Waals surface area (Å²) in [6, 6.07) is 12.5. The molecule has 1 amide bonds. The largest absolute Gasteiger partial charge is 0.320 e.